The van der Waals surface area contributed by atoms with Crippen LogP contribution in [-0.4, -0.2) is 49.1 Å². The van der Waals surface area contributed by atoms with Crippen LogP contribution in [0.25, 0.3) is 10.2 Å². The third-order valence-corrected chi connectivity index (χ3v) is 5.84. The van der Waals surface area contributed by atoms with Crippen molar-refractivity contribution in [1.82, 2.24) is 9.88 Å². The first-order valence-corrected chi connectivity index (χ1v) is 9.66. The van der Waals surface area contributed by atoms with Crippen LogP contribution in [0.15, 0.2) is 42.5 Å². The largest absolute Gasteiger partial charge is 0.497 e. The molecular formula is C20H20FN3O2S. The number of amides is 1. The highest BCUT2D eigenvalue weighted by Gasteiger charge is 2.23. The second kappa shape index (κ2) is 7.52. The van der Waals surface area contributed by atoms with E-state index in [4.69, 9.17) is 4.74 Å². The highest BCUT2D eigenvalue weighted by molar-refractivity contribution is 7.22. The lowest BCUT2D eigenvalue weighted by molar-refractivity contribution is -0.130. The maximum Gasteiger partial charge on any atom is 0.227 e. The Morgan fingerprint density at radius 2 is 1.89 bits per heavy atom. The minimum Gasteiger partial charge on any atom is -0.497 e. The van der Waals surface area contributed by atoms with Crippen LogP contribution in [0.2, 0.25) is 0 Å². The average Bonchev–Trinajstić information content (AvgIpc) is 3.12. The van der Waals surface area contributed by atoms with Gasteiger partial charge in [0.1, 0.15) is 11.6 Å². The molecule has 4 rings (SSSR count). The van der Waals surface area contributed by atoms with E-state index in [0.717, 1.165) is 39.8 Å². The quantitative estimate of drug-likeness (QED) is 0.691. The zero-order valence-electron chi connectivity index (χ0n) is 15.0. The second-order valence-electron chi connectivity index (χ2n) is 6.50. The Labute approximate surface area is 161 Å². The summed E-state index contributed by atoms with van der Waals surface area (Å²) >= 11 is 1.49. The molecule has 2 heterocycles. The van der Waals surface area contributed by atoms with Crippen LogP contribution < -0.4 is 9.64 Å². The Kier molecular flexibility index (Phi) is 4.94. The van der Waals surface area contributed by atoms with Crippen LogP contribution in [0.4, 0.5) is 9.52 Å². The van der Waals surface area contributed by atoms with Gasteiger partial charge in [-0.1, -0.05) is 23.5 Å². The lowest BCUT2D eigenvalue weighted by Gasteiger charge is -2.34. The first-order valence-electron chi connectivity index (χ1n) is 8.84. The predicted octanol–water partition coefficient (Wildman–Crippen LogP) is 3.34. The van der Waals surface area contributed by atoms with E-state index in [1.54, 1.807) is 13.2 Å². The number of halogens is 1. The van der Waals surface area contributed by atoms with Crippen molar-refractivity contribution in [1.29, 1.82) is 0 Å². The van der Waals surface area contributed by atoms with Gasteiger partial charge in [0.2, 0.25) is 5.91 Å². The predicted molar refractivity (Wildman–Crippen MR) is 105 cm³/mol. The van der Waals surface area contributed by atoms with Crippen LogP contribution in [0.3, 0.4) is 0 Å². The number of carbonyl (C=O) groups is 1. The SMILES string of the molecule is COc1ccc(CC(=O)N2CCN(c3nc4ccc(F)cc4s3)CC2)cc1. The number of nitrogens with zero attached hydrogens (tertiary/aromatic N) is 3. The standard InChI is InChI=1S/C20H20FN3O2S/c1-26-16-5-2-14(3-6-16)12-19(25)23-8-10-24(11-9-23)20-22-17-7-4-15(21)13-18(17)27-20/h2-7,13H,8-12H2,1H3. The Hall–Kier alpha value is -2.67. The molecule has 1 amide bonds. The van der Waals surface area contributed by atoms with Crippen LogP contribution in [-0.2, 0) is 11.2 Å². The van der Waals surface area contributed by atoms with E-state index >= 15 is 0 Å². The van der Waals surface area contributed by atoms with E-state index < -0.39 is 0 Å². The molecular weight excluding hydrogens is 365 g/mol. The molecule has 1 aliphatic heterocycles. The van der Waals surface area contributed by atoms with Crippen molar-refractivity contribution in [2.75, 3.05) is 38.2 Å². The van der Waals surface area contributed by atoms with Crippen LogP contribution in [0, 0.1) is 5.82 Å². The molecule has 2 aromatic carbocycles. The third kappa shape index (κ3) is 3.88. The number of rotatable bonds is 4. The maximum absolute atomic E-state index is 13.4. The summed E-state index contributed by atoms with van der Waals surface area (Å²) in [6.07, 6.45) is 0.393. The second-order valence-corrected chi connectivity index (χ2v) is 7.51. The summed E-state index contributed by atoms with van der Waals surface area (Å²) in [5, 5.41) is 0.887. The Bertz CT molecular complexity index is 950. The molecule has 27 heavy (non-hydrogen) atoms. The first kappa shape index (κ1) is 17.7. The summed E-state index contributed by atoms with van der Waals surface area (Å²) in [5.74, 6) is 0.674. The van der Waals surface area contributed by atoms with Gasteiger partial charge in [-0.2, -0.15) is 0 Å². The molecule has 3 aromatic rings. The summed E-state index contributed by atoms with van der Waals surface area (Å²) in [6.45, 7) is 2.80. The summed E-state index contributed by atoms with van der Waals surface area (Å²) in [7, 11) is 1.63. The fourth-order valence-corrected chi connectivity index (χ4v) is 4.24. The zero-order valence-corrected chi connectivity index (χ0v) is 15.8. The molecule has 1 aliphatic rings. The molecule has 0 aliphatic carbocycles. The van der Waals surface area contributed by atoms with Crippen molar-refractivity contribution >= 4 is 32.6 Å². The van der Waals surface area contributed by atoms with E-state index in [2.05, 4.69) is 9.88 Å². The van der Waals surface area contributed by atoms with E-state index in [9.17, 15) is 9.18 Å². The molecule has 7 heteroatoms. The van der Waals surface area contributed by atoms with E-state index in [1.807, 2.05) is 29.2 Å². The van der Waals surface area contributed by atoms with Crippen molar-refractivity contribution in [3.8, 4) is 5.75 Å². The Morgan fingerprint density at radius 3 is 2.59 bits per heavy atom. The Morgan fingerprint density at radius 1 is 1.15 bits per heavy atom. The number of carbonyl (C=O) groups excluding carboxylic acids is 1. The molecule has 5 nitrogen and oxygen atoms in total. The number of anilines is 1. The number of methoxy groups -OCH3 is 1. The normalized spacial score (nSPS) is 14.6. The van der Waals surface area contributed by atoms with Crippen molar-refractivity contribution in [2.24, 2.45) is 0 Å². The molecule has 0 radical (unpaired) electrons. The molecule has 0 unspecified atom stereocenters. The number of aromatic nitrogens is 1. The maximum atomic E-state index is 13.4. The van der Waals surface area contributed by atoms with Crippen molar-refractivity contribution in [2.45, 2.75) is 6.42 Å². The summed E-state index contributed by atoms with van der Waals surface area (Å²) in [4.78, 5) is 21.2. The monoisotopic (exact) mass is 385 g/mol. The molecule has 0 saturated carbocycles. The van der Waals surface area contributed by atoms with E-state index in [0.29, 0.717) is 19.5 Å². The van der Waals surface area contributed by atoms with E-state index in [1.165, 1.54) is 23.5 Å². The molecule has 0 bridgehead atoms. The zero-order chi connectivity index (χ0) is 18.8. The molecule has 1 aromatic heterocycles. The van der Waals surface area contributed by atoms with Crippen LogP contribution in [0.5, 0.6) is 5.75 Å². The van der Waals surface area contributed by atoms with Gasteiger partial charge in [0, 0.05) is 26.2 Å². The van der Waals surface area contributed by atoms with Gasteiger partial charge in [-0.25, -0.2) is 9.37 Å². The topological polar surface area (TPSA) is 45.7 Å². The van der Waals surface area contributed by atoms with Gasteiger partial charge in [-0.15, -0.1) is 0 Å². The fraction of sp³-hybridized carbons (Fsp3) is 0.300. The minimum absolute atomic E-state index is 0.131. The number of benzene rings is 2. The van der Waals surface area contributed by atoms with Crippen molar-refractivity contribution in [3.05, 3.63) is 53.8 Å². The number of hydrogen-bond donors (Lipinski definition) is 0. The molecule has 0 spiro atoms. The molecule has 0 N–H and O–H groups in total. The minimum atomic E-state index is -0.244. The smallest absolute Gasteiger partial charge is 0.227 e. The summed E-state index contributed by atoms with van der Waals surface area (Å²) in [6, 6.07) is 12.2. The van der Waals surface area contributed by atoms with Gasteiger partial charge in [0.15, 0.2) is 5.13 Å². The van der Waals surface area contributed by atoms with Gasteiger partial charge in [-0.3, -0.25) is 4.79 Å². The van der Waals surface area contributed by atoms with Crippen LogP contribution in [0.1, 0.15) is 5.56 Å². The number of hydrogen-bond acceptors (Lipinski definition) is 5. The van der Waals surface area contributed by atoms with Gasteiger partial charge >= 0.3 is 0 Å². The van der Waals surface area contributed by atoms with Crippen LogP contribution >= 0.6 is 11.3 Å². The third-order valence-electron chi connectivity index (χ3n) is 4.76. The van der Waals surface area contributed by atoms with E-state index in [-0.39, 0.29) is 11.7 Å². The highest BCUT2D eigenvalue weighted by atomic mass is 32.1. The number of ether oxygens (including phenoxy) is 1. The average molecular weight is 385 g/mol. The molecule has 0 atom stereocenters. The fourth-order valence-electron chi connectivity index (χ4n) is 3.20. The van der Waals surface area contributed by atoms with Crippen molar-refractivity contribution < 1.29 is 13.9 Å². The number of fused-ring (bicyclic) bond motifs is 1. The first-order chi connectivity index (χ1) is 13.1. The van der Waals surface area contributed by atoms with Gasteiger partial charge in [0.25, 0.3) is 0 Å². The molecule has 1 saturated heterocycles. The highest BCUT2D eigenvalue weighted by Crippen LogP contribution is 2.30. The summed E-state index contributed by atoms with van der Waals surface area (Å²) < 4.78 is 19.4. The number of piperazine rings is 1. The number of thiazole rings is 1. The molecule has 1 fully saturated rings. The molecule has 140 valence electrons. The van der Waals surface area contributed by atoms with Gasteiger partial charge in [-0.05, 0) is 35.9 Å². The van der Waals surface area contributed by atoms with Gasteiger partial charge < -0.3 is 14.5 Å². The Balaban J connectivity index is 1.36. The summed E-state index contributed by atoms with van der Waals surface area (Å²) in [5.41, 5.74) is 1.80. The van der Waals surface area contributed by atoms with Gasteiger partial charge in [0.05, 0.1) is 23.7 Å². The lowest BCUT2D eigenvalue weighted by Crippen LogP contribution is -2.49. The lowest BCUT2D eigenvalue weighted by atomic mass is 10.1. The van der Waals surface area contributed by atoms with Crippen molar-refractivity contribution in [3.63, 3.8) is 0 Å².